The molecule has 0 heterocycles. The summed E-state index contributed by atoms with van der Waals surface area (Å²) >= 11 is 0. The Kier molecular flexibility index (Phi) is 8.91. The highest BCUT2D eigenvalue weighted by atomic mass is 16.5. The molecule has 0 amide bonds. The molecule has 0 aromatic heterocycles. The van der Waals surface area contributed by atoms with Crippen LogP contribution in [-0.4, -0.2) is 39.0 Å². The molecule has 168 valence electrons. The van der Waals surface area contributed by atoms with Gasteiger partial charge < -0.3 is 18.9 Å². The van der Waals surface area contributed by atoms with Gasteiger partial charge in [-0.15, -0.1) is 0 Å². The maximum atomic E-state index is 11.7. The minimum Gasteiger partial charge on any atom is -0.493 e. The number of rotatable bonds is 12. The number of ether oxygens (including phenoxy) is 4. The van der Waals surface area contributed by atoms with Crippen molar-refractivity contribution in [3.63, 3.8) is 0 Å². The quantitative estimate of drug-likeness (QED) is 0.335. The lowest BCUT2D eigenvalue weighted by Gasteiger charge is -2.14. The van der Waals surface area contributed by atoms with Gasteiger partial charge in [0.15, 0.2) is 34.6 Å². The second-order valence-corrected chi connectivity index (χ2v) is 7.51. The molecular formula is C25H32O6. The van der Waals surface area contributed by atoms with Crippen molar-refractivity contribution < 1.29 is 28.5 Å². The number of unbranched alkanes of at least 4 members (excludes halogenated alkanes) is 2. The molecule has 0 bridgehead atoms. The zero-order valence-electron chi connectivity index (χ0n) is 19.3. The Labute approximate surface area is 184 Å². The van der Waals surface area contributed by atoms with E-state index in [4.69, 9.17) is 18.9 Å². The Morgan fingerprint density at radius 3 is 1.35 bits per heavy atom. The normalized spacial score (nSPS) is 10.5. The van der Waals surface area contributed by atoms with Gasteiger partial charge >= 0.3 is 0 Å². The van der Waals surface area contributed by atoms with Crippen LogP contribution in [0.4, 0.5) is 0 Å². The van der Waals surface area contributed by atoms with Crippen molar-refractivity contribution in [3.05, 3.63) is 46.5 Å². The molecular weight excluding hydrogens is 396 g/mol. The van der Waals surface area contributed by atoms with Crippen molar-refractivity contribution in [2.75, 3.05) is 27.4 Å². The Morgan fingerprint density at radius 1 is 0.645 bits per heavy atom. The first-order valence-corrected chi connectivity index (χ1v) is 10.4. The van der Waals surface area contributed by atoms with Gasteiger partial charge in [-0.05, 0) is 82.3 Å². The number of aryl methyl sites for hydroxylation is 2. The van der Waals surface area contributed by atoms with Crippen LogP contribution < -0.4 is 18.9 Å². The lowest BCUT2D eigenvalue weighted by atomic mass is 10.0. The smallest absolute Gasteiger partial charge is 0.161 e. The Morgan fingerprint density at radius 2 is 1.03 bits per heavy atom. The summed E-state index contributed by atoms with van der Waals surface area (Å²) in [5, 5.41) is 0. The summed E-state index contributed by atoms with van der Waals surface area (Å²) in [5.41, 5.74) is 3.03. The van der Waals surface area contributed by atoms with E-state index in [9.17, 15) is 9.59 Å². The summed E-state index contributed by atoms with van der Waals surface area (Å²) in [6.07, 6.45) is 2.65. The first kappa shape index (κ1) is 24.3. The van der Waals surface area contributed by atoms with E-state index in [2.05, 4.69) is 0 Å². The SMILES string of the molecule is COc1cc(C(C)=O)c(C)cc1OCCCCCOc1cc(C)c(C(C)=O)cc1OC. The fourth-order valence-corrected chi connectivity index (χ4v) is 3.37. The topological polar surface area (TPSA) is 71.1 Å². The van der Waals surface area contributed by atoms with Crippen LogP contribution >= 0.6 is 0 Å². The molecule has 0 aliphatic rings. The fourth-order valence-electron chi connectivity index (χ4n) is 3.37. The molecule has 6 heteroatoms. The summed E-state index contributed by atoms with van der Waals surface area (Å²) in [6, 6.07) is 7.15. The summed E-state index contributed by atoms with van der Waals surface area (Å²) in [6.45, 7) is 7.95. The van der Waals surface area contributed by atoms with E-state index < -0.39 is 0 Å². The summed E-state index contributed by atoms with van der Waals surface area (Å²) in [4.78, 5) is 23.4. The van der Waals surface area contributed by atoms with Crippen molar-refractivity contribution in [1.29, 1.82) is 0 Å². The average Bonchev–Trinajstić information content (AvgIpc) is 2.72. The lowest BCUT2D eigenvalue weighted by molar-refractivity contribution is 0.100. The number of methoxy groups -OCH3 is 2. The summed E-state index contributed by atoms with van der Waals surface area (Å²) < 4.78 is 22.5. The largest absolute Gasteiger partial charge is 0.493 e. The zero-order valence-corrected chi connectivity index (χ0v) is 19.3. The van der Waals surface area contributed by atoms with E-state index in [1.165, 1.54) is 0 Å². The molecule has 2 rings (SSSR count). The van der Waals surface area contributed by atoms with Gasteiger partial charge in [-0.3, -0.25) is 9.59 Å². The van der Waals surface area contributed by atoms with Crippen LogP contribution in [0.5, 0.6) is 23.0 Å². The highest BCUT2D eigenvalue weighted by Crippen LogP contribution is 2.32. The van der Waals surface area contributed by atoms with Gasteiger partial charge in [0.1, 0.15) is 0 Å². The number of hydrogen-bond acceptors (Lipinski definition) is 6. The van der Waals surface area contributed by atoms with Gasteiger partial charge in [0.05, 0.1) is 27.4 Å². The monoisotopic (exact) mass is 428 g/mol. The summed E-state index contributed by atoms with van der Waals surface area (Å²) in [7, 11) is 3.13. The van der Waals surface area contributed by atoms with Gasteiger partial charge in [-0.1, -0.05) is 0 Å². The first-order valence-electron chi connectivity index (χ1n) is 10.4. The zero-order chi connectivity index (χ0) is 23.0. The molecule has 31 heavy (non-hydrogen) atoms. The van der Waals surface area contributed by atoms with Crippen LogP contribution in [0.2, 0.25) is 0 Å². The van der Waals surface area contributed by atoms with Gasteiger partial charge in [0, 0.05) is 11.1 Å². The van der Waals surface area contributed by atoms with Gasteiger partial charge in [-0.2, -0.15) is 0 Å². The maximum absolute atomic E-state index is 11.7. The molecule has 0 atom stereocenters. The molecule has 0 saturated heterocycles. The third-order valence-electron chi connectivity index (χ3n) is 5.08. The molecule has 0 saturated carbocycles. The number of carbonyl (C=O) groups is 2. The highest BCUT2D eigenvalue weighted by Gasteiger charge is 2.13. The number of benzene rings is 2. The molecule has 0 aliphatic heterocycles. The average molecular weight is 429 g/mol. The van der Waals surface area contributed by atoms with Crippen LogP contribution in [0.3, 0.4) is 0 Å². The number of carbonyl (C=O) groups excluding carboxylic acids is 2. The van der Waals surface area contributed by atoms with Gasteiger partial charge in [0.2, 0.25) is 0 Å². The maximum Gasteiger partial charge on any atom is 0.161 e. The van der Waals surface area contributed by atoms with E-state index in [-0.39, 0.29) is 11.6 Å². The molecule has 0 aliphatic carbocycles. The molecule has 6 nitrogen and oxygen atoms in total. The van der Waals surface area contributed by atoms with E-state index in [0.29, 0.717) is 47.3 Å². The van der Waals surface area contributed by atoms with Crippen molar-refractivity contribution >= 4 is 11.6 Å². The lowest BCUT2D eigenvalue weighted by Crippen LogP contribution is -2.05. The van der Waals surface area contributed by atoms with Gasteiger partial charge in [-0.25, -0.2) is 0 Å². The first-order chi connectivity index (χ1) is 14.8. The number of Topliss-reactive ketones (excluding diaryl/α,β-unsaturated/α-hetero) is 2. The third-order valence-corrected chi connectivity index (χ3v) is 5.08. The van der Waals surface area contributed by atoms with Crippen molar-refractivity contribution in [2.45, 2.75) is 47.0 Å². The van der Waals surface area contributed by atoms with Crippen LogP contribution in [-0.2, 0) is 0 Å². The second-order valence-electron chi connectivity index (χ2n) is 7.51. The number of ketones is 2. The van der Waals surface area contributed by atoms with Crippen molar-refractivity contribution in [2.24, 2.45) is 0 Å². The number of hydrogen-bond donors (Lipinski definition) is 0. The molecule has 0 spiro atoms. The van der Waals surface area contributed by atoms with Gasteiger partial charge in [0.25, 0.3) is 0 Å². The molecule has 0 fully saturated rings. The second kappa shape index (κ2) is 11.4. The highest BCUT2D eigenvalue weighted by molar-refractivity contribution is 5.96. The minimum atomic E-state index is 0.00473. The molecule has 0 radical (unpaired) electrons. The van der Waals surface area contributed by atoms with E-state index in [0.717, 1.165) is 30.4 Å². The predicted octanol–water partition coefficient (Wildman–Crippen LogP) is 5.35. The molecule has 2 aromatic carbocycles. The Hall–Kier alpha value is -3.02. The Balaban J connectivity index is 1.81. The van der Waals surface area contributed by atoms with E-state index in [1.54, 1.807) is 40.2 Å². The Bertz CT molecular complexity index is 857. The molecule has 2 aromatic rings. The molecule has 0 N–H and O–H groups in total. The van der Waals surface area contributed by atoms with Crippen LogP contribution in [0.15, 0.2) is 24.3 Å². The summed E-state index contributed by atoms with van der Waals surface area (Å²) in [5.74, 6) is 2.43. The van der Waals surface area contributed by atoms with Crippen LogP contribution in [0.25, 0.3) is 0 Å². The van der Waals surface area contributed by atoms with Crippen LogP contribution in [0.1, 0.15) is 65.0 Å². The fraction of sp³-hybridized carbons (Fsp3) is 0.440. The van der Waals surface area contributed by atoms with Crippen molar-refractivity contribution in [3.8, 4) is 23.0 Å². The third kappa shape index (κ3) is 6.48. The standard InChI is InChI=1S/C25H32O6/c1-16-12-24(22(28-5)14-20(16)18(3)26)30-10-8-7-9-11-31-25-13-17(2)21(19(4)27)15-23(25)29-6/h12-15H,7-11H2,1-6H3. The van der Waals surface area contributed by atoms with Crippen molar-refractivity contribution in [1.82, 2.24) is 0 Å². The minimum absolute atomic E-state index is 0.00473. The molecule has 0 unspecified atom stereocenters. The predicted molar refractivity (Wildman–Crippen MR) is 120 cm³/mol. The van der Waals surface area contributed by atoms with E-state index >= 15 is 0 Å². The van der Waals surface area contributed by atoms with E-state index in [1.807, 2.05) is 26.0 Å². The van der Waals surface area contributed by atoms with Crippen LogP contribution in [0, 0.1) is 13.8 Å².